The quantitative estimate of drug-likeness (QED) is 0.323. The minimum absolute atomic E-state index is 0.261. The van der Waals surface area contributed by atoms with E-state index in [9.17, 15) is 4.57 Å². The highest BCUT2D eigenvalue weighted by molar-refractivity contribution is 7.79. The Hall–Kier alpha value is -3.07. The molecule has 3 aromatic carbocycles. The summed E-state index contributed by atoms with van der Waals surface area (Å²) in [5.74, 6) is 6.69. The highest BCUT2D eigenvalue weighted by Crippen LogP contribution is 2.82. The maximum atomic E-state index is 14.7. The molecular formula is C28H23OP. The van der Waals surface area contributed by atoms with Gasteiger partial charge in [-0.1, -0.05) is 103 Å². The first-order valence-electron chi connectivity index (χ1n) is 10.3. The summed E-state index contributed by atoms with van der Waals surface area (Å²) in [5, 5.41) is 1.85. The Balaban J connectivity index is 1.77. The molecule has 0 aromatic heterocycles. The topological polar surface area (TPSA) is 17.1 Å². The highest BCUT2D eigenvalue weighted by atomic mass is 31.2. The molecule has 0 saturated heterocycles. The van der Waals surface area contributed by atoms with E-state index in [0.717, 1.165) is 32.9 Å². The van der Waals surface area contributed by atoms with Crippen LogP contribution < -0.4 is 0 Å². The predicted molar refractivity (Wildman–Crippen MR) is 126 cm³/mol. The second kappa shape index (κ2) is 7.02. The maximum Gasteiger partial charge on any atom is 0.153 e. The Bertz CT molecular complexity index is 1290. The van der Waals surface area contributed by atoms with Crippen LogP contribution in [0.3, 0.4) is 0 Å². The van der Waals surface area contributed by atoms with Crippen LogP contribution in [0.5, 0.6) is 0 Å². The third kappa shape index (κ3) is 2.76. The molecule has 2 atom stereocenters. The molecule has 2 heteroatoms. The molecule has 0 spiro atoms. The Morgan fingerprint density at radius 2 is 1.30 bits per heavy atom. The van der Waals surface area contributed by atoms with Crippen LogP contribution in [0.4, 0.5) is 0 Å². The van der Waals surface area contributed by atoms with Crippen LogP contribution in [0.15, 0.2) is 102 Å². The number of hydrogen-bond donors (Lipinski definition) is 0. The molecule has 146 valence electrons. The molecule has 1 nitrogen and oxygen atoms in total. The van der Waals surface area contributed by atoms with Crippen molar-refractivity contribution in [1.29, 1.82) is 0 Å². The van der Waals surface area contributed by atoms with Crippen LogP contribution in [0, 0.1) is 17.3 Å². The van der Waals surface area contributed by atoms with Gasteiger partial charge in [0.05, 0.1) is 5.31 Å². The molecule has 0 N–H and O–H groups in total. The van der Waals surface area contributed by atoms with Gasteiger partial charge in [0, 0.05) is 22.5 Å². The van der Waals surface area contributed by atoms with Crippen molar-refractivity contribution >= 4 is 18.0 Å². The summed E-state index contributed by atoms with van der Waals surface area (Å²) < 4.78 is 14.7. The standard InChI is InChI=1S/C28H23OP/c1-21-27(24-16-10-5-11-17-24)30(29)20-28(21,2)26(23-14-8-4-9-15-23)25(30)19-18-22-12-6-3-7-13-22/h3-17H,20H2,1-2H3. The van der Waals surface area contributed by atoms with Gasteiger partial charge in [-0.25, -0.2) is 0 Å². The van der Waals surface area contributed by atoms with E-state index in [-0.39, 0.29) is 5.41 Å². The first-order valence-corrected chi connectivity index (χ1v) is 12.2. The van der Waals surface area contributed by atoms with Crippen LogP contribution in [-0.2, 0) is 4.57 Å². The van der Waals surface area contributed by atoms with Crippen molar-refractivity contribution in [3.8, 4) is 11.8 Å². The van der Waals surface area contributed by atoms with Gasteiger partial charge in [0.25, 0.3) is 0 Å². The first-order chi connectivity index (χ1) is 14.5. The van der Waals surface area contributed by atoms with Gasteiger partial charge in [0.15, 0.2) is 7.14 Å². The van der Waals surface area contributed by atoms with Gasteiger partial charge in [-0.15, -0.1) is 0 Å². The van der Waals surface area contributed by atoms with E-state index >= 15 is 0 Å². The summed E-state index contributed by atoms with van der Waals surface area (Å²) in [5.41, 5.74) is 5.24. The van der Waals surface area contributed by atoms with Gasteiger partial charge < -0.3 is 4.57 Å². The van der Waals surface area contributed by atoms with Crippen molar-refractivity contribution in [3.63, 3.8) is 0 Å². The Morgan fingerprint density at radius 1 is 0.767 bits per heavy atom. The van der Waals surface area contributed by atoms with E-state index in [0.29, 0.717) is 6.16 Å². The van der Waals surface area contributed by atoms with Crippen molar-refractivity contribution in [3.05, 3.63) is 119 Å². The van der Waals surface area contributed by atoms with Crippen molar-refractivity contribution in [1.82, 2.24) is 0 Å². The average Bonchev–Trinajstić information content (AvgIpc) is 3.14. The molecular weight excluding hydrogens is 383 g/mol. The molecule has 0 saturated carbocycles. The first kappa shape index (κ1) is 18.9. The minimum Gasteiger partial charge on any atom is -0.313 e. The van der Waals surface area contributed by atoms with Crippen LogP contribution in [0.25, 0.3) is 10.9 Å². The fourth-order valence-corrected chi connectivity index (χ4v) is 9.12. The van der Waals surface area contributed by atoms with Crippen molar-refractivity contribution < 1.29 is 4.57 Å². The third-order valence-electron chi connectivity index (χ3n) is 6.44. The Morgan fingerprint density at radius 3 is 1.90 bits per heavy atom. The fourth-order valence-electron chi connectivity index (χ4n) is 4.96. The summed E-state index contributed by atoms with van der Waals surface area (Å²) in [6.45, 7) is 4.40. The third-order valence-corrected chi connectivity index (χ3v) is 9.89. The second-order valence-corrected chi connectivity index (χ2v) is 11.0. The Labute approximate surface area is 178 Å². The highest BCUT2D eigenvalue weighted by Gasteiger charge is 2.58. The molecule has 2 bridgehead atoms. The summed E-state index contributed by atoms with van der Waals surface area (Å²) >= 11 is 0. The fraction of sp³-hybridized carbons (Fsp3) is 0.143. The van der Waals surface area contributed by atoms with Crippen LogP contribution in [0.1, 0.15) is 30.5 Å². The summed E-state index contributed by atoms with van der Waals surface area (Å²) in [6.07, 6.45) is 0.638. The van der Waals surface area contributed by atoms with E-state index in [1.54, 1.807) is 0 Å². The summed E-state index contributed by atoms with van der Waals surface area (Å²) in [4.78, 5) is 0. The van der Waals surface area contributed by atoms with E-state index in [1.165, 1.54) is 5.57 Å². The van der Waals surface area contributed by atoms with Gasteiger partial charge in [-0.05, 0) is 35.8 Å². The molecule has 0 amide bonds. The summed E-state index contributed by atoms with van der Waals surface area (Å²) in [7, 11) is -2.81. The van der Waals surface area contributed by atoms with Crippen LogP contribution >= 0.6 is 7.14 Å². The van der Waals surface area contributed by atoms with Gasteiger partial charge in [-0.2, -0.15) is 0 Å². The van der Waals surface area contributed by atoms with Crippen LogP contribution in [0.2, 0.25) is 0 Å². The molecule has 2 aliphatic heterocycles. The molecule has 5 rings (SSSR count). The Kier molecular flexibility index (Phi) is 4.43. The molecule has 0 radical (unpaired) electrons. The lowest BCUT2D eigenvalue weighted by atomic mass is 9.74. The average molecular weight is 406 g/mol. The summed E-state index contributed by atoms with van der Waals surface area (Å²) in [6, 6.07) is 30.5. The number of hydrogen-bond acceptors (Lipinski definition) is 1. The second-order valence-electron chi connectivity index (χ2n) is 8.28. The van der Waals surface area contributed by atoms with Gasteiger partial charge in [-0.3, -0.25) is 0 Å². The van der Waals surface area contributed by atoms with Crippen molar-refractivity contribution in [2.45, 2.75) is 13.8 Å². The number of benzene rings is 3. The van der Waals surface area contributed by atoms with E-state index in [4.69, 9.17) is 0 Å². The lowest BCUT2D eigenvalue weighted by Gasteiger charge is -2.29. The number of allylic oxidation sites excluding steroid dienone is 3. The number of fused-ring (bicyclic) bond motifs is 2. The normalized spacial score (nSPS) is 24.7. The van der Waals surface area contributed by atoms with E-state index in [1.807, 2.05) is 66.7 Å². The van der Waals surface area contributed by atoms with Crippen LogP contribution in [-0.4, -0.2) is 6.16 Å². The largest absolute Gasteiger partial charge is 0.313 e. The predicted octanol–water partition coefficient (Wildman–Crippen LogP) is 7.28. The molecule has 2 heterocycles. The molecule has 2 unspecified atom stereocenters. The monoisotopic (exact) mass is 406 g/mol. The maximum absolute atomic E-state index is 14.7. The lowest BCUT2D eigenvalue weighted by molar-refractivity contribution is 0.576. The zero-order valence-electron chi connectivity index (χ0n) is 17.2. The van der Waals surface area contributed by atoms with Gasteiger partial charge in [0.2, 0.25) is 0 Å². The number of rotatable bonds is 2. The van der Waals surface area contributed by atoms with Gasteiger partial charge in [0.1, 0.15) is 0 Å². The SMILES string of the molecule is CC1=C(c2ccccc2)P2(=O)CC1(C)C(c1ccccc1)=C2C#Cc1ccccc1. The van der Waals surface area contributed by atoms with E-state index < -0.39 is 7.14 Å². The van der Waals surface area contributed by atoms with Gasteiger partial charge >= 0.3 is 0 Å². The minimum atomic E-state index is -2.81. The smallest absolute Gasteiger partial charge is 0.153 e. The van der Waals surface area contributed by atoms with Crippen molar-refractivity contribution in [2.24, 2.45) is 5.41 Å². The zero-order valence-corrected chi connectivity index (χ0v) is 18.1. The molecule has 2 aliphatic rings. The molecule has 0 fully saturated rings. The molecule has 0 aliphatic carbocycles. The van der Waals surface area contributed by atoms with E-state index in [2.05, 4.69) is 50.0 Å². The van der Waals surface area contributed by atoms with Crippen molar-refractivity contribution in [2.75, 3.05) is 6.16 Å². The molecule has 3 aromatic rings. The molecule has 30 heavy (non-hydrogen) atoms. The lowest BCUT2D eigenvalue weighted by Crippen LogP contribution is -2.18. The zero-order chi connectivity index (χ0) is 20.8.